The van der Waals surface area contributed by atoms with Gasteiger partial charge in [-0.1, -0.05) is 18.2 Å². The van der Waals surface area contributed by atoms with Gasteiger partial charge in [-0.3, -0.25) is 14.5 Å². The highest BCUT2D eigenvalue weighted by Crippen LogP contribution is 2.31. The van der Waals surface area contributed by atoms with E-state index in [0.29, 0.717) is 34.2 Å². The van der Waals surface area contributed by atoms with Gasteiger partial charge in [0.15, 0.2) is 0 Å². The molecule has 0 radical (unpaired) electrons. The Morgan fingerprint density at radius 3 is 2.77 bits per heavy atom. The molecule has 0 saturated heterocycles. The molecule has 0 fully saturated rings. The van der Waals surface area contributed by atoms with Crippen LogP contribution >= 0.6 is 0 Å². The van der Waals surface area contributed by atoms with Crippen LogP contribution in [0.15, 0.2) is 41.5 Å². The number of tetrazole rings is 1. The van der Waals surface area contributed by atoms with E-state index in [0.717, 1.165) is 10.9 Å². The Morgan fingerprint density at radius 1 is 1.23 bits per heavy atom. The third-order valence-electron chi connectivity index (χ3n) is 5.68. The van der Waals surface area contributed by atoms with Gasteiger partial charge in [0, 0.05) is 6.07 Å². The molecule has 178 valence electrons. The number of methoxy groups -OCH3 is 1. The molecule has 1 aromatic carbocycles. The van der Waals surface area contributed by atoms with Crippen molar-refractivity contribution in [3.63, 3.8) is 0 Å². The molecule has 0 spiro atoms. The van der Waals surface area contributed by atoms with Crippen LogP contribution in [0.3, 0.4) is 0 Å². The monoisotopic (exact) mass is 473 g/mol. The van der Waals surface area contributed by atoms with Crippen LogP contribution in [0.25, 0.3) is 28.0 Å². The molecule has 0 amide bonds. The van der Waals surface area contributed by atoms with Crippen LogP contribution in [-0.2, 0) is 7.05 Å². The van der Waals surface area contributed by atoms with E-state index in [9.17, 15) is 4.79 Å². The van der Waals surface area contributed by atoms with E-state index in [1.165, 1.54) is 18.2 Å². The van der Waals surface area contributed by atoms with Crippen molar-refractivity contribution < 1.29 is 4.74 Å². The van der Waals surface area contributed by atoms with Crippen LogP contribution < -0.4 is 21.3 Å². The minimum absolute atomic E-state index is 0.187. The number of benzene rings is 1. The molecule has 35 heavy (non-hydrogen) atoms. The highest BCUT2D eigenvalue weighted by Gasteiger charge is 2.22. The summed E-state index contributed by atoms with van der Waals surface area (Å²) in [4.78, 5) is 23.5. The van der Waals surface area contributed by atoms with Crippen molar-refractivity contribution in [1.82, 2.24) is 44.9 Å². The molecule has 0 bridgehead atoms. The molecule has 5 rings (SSSR count). The second-order valence-corrected chi connectivity index (χ2v) is 8.00. The van der Waals surface area contributed by atoms with Gasteiger partial charge in [0.1, 0.15) is 29.3 Å². The van der Waals surface area contributed by atoms with Gasteiger partial charge in [0.25, 0.3) is 5.56 Å². The lowest BCUT2D eigenvalue weighted by Crippen LogP contribution is -2.26. The predicted octanol–water partition coefficient (Wildman–Crippen LogP) is 1.77. The molecular weight excluding hydrogens is 450 g/mol. The molecule has 4 aromatic heterocycles. The first kappa shape index (κ1) is 22.0. The second-order valence-electron chi connectivity index (χ2n) is 8.00. The third kappa shape index (κ3) is 3.82. The first-order valence-corrected chi connectivity index (χ1v) is 10.7. The van der Waals surface area contributed by atoms with Crippen LogP contribution in [0.1, 0.15) is 24.2 Å². The van der Waals surface area contributed by atoms with Crippen molar-refractivity contribution >= 4 is 22.4 Å². The number of ether oxygens (including phenoxy) is 1. The lowest BCUT2D eigenvalue weighted by molar-refractivity contribution is 0.397. The first-order valence-electron chi connectivity index (χ1n) is 10.7. The van der Waals surface area contributed by atoms with Gasteiger partial charge in [0.05, 0.1) is 31.3 Å². The van der Waals surface area contributed by atoms with Crippen molar-refractivity contribution in [3.05, 3.63) is 58.3 Å². The zero-order valence-corrected chi connectivity index (χ0v) is 19.5. The summed E-state index contributed by atoms with van der Waals surface area (Å²) in [6, 6.07) is 8.96. The van der Waals surface area contributed by atoms with E-state index in [1.54, 1.807) is 17.7 Å². The molecular formula is C22H23N11O2. The van der Waals surface area contributed by atoms with Crippen LogP contribution in [-0.4, -0.2) is 52.0 Å². The van der Waals surface area contributed by atoms with Crippen molar-refractivity contribution in [1.29, 1.82) is 0 Å². The summed E-state index contributed by atoms with van der Waals surface area (Å²) in [7, 11) is 3.17. The number of hydrogen-bond acceptors (Lipinski definition) is 10. The molecule has 0 aliphatic carbocycles. The number of nitrogens with one attached hydrogen (secondary N) is 2. The van der Waals surface area contributed by atoms with Gasteiger partial charge in [-0.2, -0.15) is 4.80 Å². The lowest BCUT2D eigenvalue weighted by Gasteiger charge is -2.21. The van der Waals surface area contributed by atoms with E-state index in [4.69, 9.17) is 10.5 Å². The maximum Gasteiger partial charge on any atom is 0.264 e. The maximum atomic E-state index is 13.7. The number of H-pyrrole nitrogens is 1. The Hall–Kier alpha value is -4.81. The number of nitrogens with zero attached hydrogens (tertiary/aromatic N) is 8. The Balaban J connectivity index is 1.67. The molecule has 5 aromatic rings. The summed E-state index contributed by atoms with van der Waals surface area (Å²) < 4.78 is 6.79. The molecule has 1 atom stereocenters. The molecule has 1 unspecified atom stereocenters. The van der Waals surface area contributed by atoms with Crippen LogP contribution in [0.5, 0.6) is 5.88 Å². The van der Waals surface area contributed by atoms with Crippen molar-refractivity contribution in [3.8, 4) is 23.1 Å². The van der Waals surface area contributed by atoms with E-state index >= 15 is 0 Å². The summed E-state index contributed by atoms with van der Waals surface area (Å²) in [6.45, 7) is 3.82. The van der Waals surface area contributed by atoms with Gasteiger partial charge in [-0.05, 0) is 36.1 Å². The van der Waals surface area contributed by atoms with E-state index < -0.39 is 6.04 Å². The number of hydrogen-bond donors (Lipinski definition) is 3. The molecule has 4 heterocycles. The minimum atomic E-state index is -0.411. The van der Waals surface area contributed by atoms with Gasteiger partial charge in [0.2, 0.25) is 11.7 Å². The fourth-order valence-electron chi connectivity index (χ4n) is 4.03. The minimum Gasteiger partial charge on any atom is -0.480 e. The van der Waals surface area contributed by atoms with Crippen LogP contribution in [0.4, 0.5) is 11.6 Å². The number of fused-ring (bicyclic) bond motifs is 1. The number of aromatic amines is 1. The fourth-order valence-corrected chi connectivity index (χ4v) is 4.03. The van der Waals surface area contributed by atoms with Gasteiger partial charge >= 0.3 is 0 Å². The van der Waals surface area contributed by atoms with Gasteiger partial charge in [-0.15, -0.1) is 15.3 Å². The Labute approximate surface area is 199 Å². The number of aromatic nitrogens is 9. The first-order chi connectivity index (χ1) is 16.9. The normalized spacial score (nSPS) is 12.1. The Bertz CT molecular complexity index is 1600. The van der Waals surface area contributed by atoms with E-state index in [-0.39, 0.29) is 17.2 Å². The molecule has 0 saturated carbocycles. The van der Waals surface area contributed by atoms with Crippen molar-refractivity contribution in [2.75, 3.05) is 18.2 Å². The molecule has 13 nitrogen and oxygen atoms in total. The van der Waals surface area contributed by atoms with Crippen molar-refractivity contribution in [2.45, 2.75) is 19.9 Å². The van der Waals surface area contributed by atoms with Crippen LogP contribution in [0, 0.1) is 6.92 Å². The number of nitrogens with two attached hydrogens (primary N) is 1. The van der Waals surface area contributed by atoms with Crippen LogP contribution in [0.2, 0.25) is 0 Å². The number of anilines is 2. The summed E-state index contributed by atoms with van der Waals surface area (Å²) in [6.07, 6.45) is 1.35. The summed E-state index contributed by atoms with van der Waals surface area (Å²) in [5, 5.41) is 23.9. The smallest absolute Gasteiger partial charge is 0.264 e. The predicted molar refractivity (Wildman–Crippen MR) is 129 cm³/mol. The van der Waals surface area contributed by atoms with Crippen molar-refractivity contribution in [2.24, 2.45) is 7.05 Å². The topological polar surface area (TPSA) is 167 Å². The second kappa shape index (κ2) is 8.52. The highest BCUT2D eigenvalue weighted by molar-refractivity contribution is 5.86. The largest absolute Gasteiger partial charge is 0.480 e. The summed E-state index contributed by atoms with van der Waals surface area (Å²) in [5.41, 5.74) is 7.91. The Morgan fingerprint density at radius 2 is 2.06 bits per heavy atom. The number of nitrogen functional groups attached to an aromatic ring is 1. The number of aryl methyl sites for hydroxylation is 2. The zero-order chi connectivity index (χ0) is 24.7. The van der Waals surface area contributed by atoms with Gasteiger partial charge in [-0.25, -0.2) is 9.97 Å². The third-order valence-corrected chi connectivity index (χ3v) is 5.68. The zero-order valence-electron chi connectivity index (χ0n) is 19.5. The van der Waals surface area contributed by atoms with E-state index in [1.807, 2.05) is 38.1 Å². The molecule has 4 N–H and O–H groups in total. The number of rotatable bonds is 6. The highest BCUT2D eigenvalue weighted by atomic mass is 16.5. The van der Waals surface area contributed by atoms with Gasteiger partial charge < -0.3 is 15.8 Å². The fraction of sp³-hybridized carbons (Fsp3) is 0.227. The maximum absolute atomic E-state index is 13.7. The number of pyridine rings is 1. The summed E-state index contributed by atoms with van der Waals surface area (Å²) in [5.74, 6) is 1.72. The molecule has 13 heteroatoms. The average molecular weight is 474 g/mol. The summed E-state index contributed by atoms with van der Waals surface area (Å²) >= 11 is 0. The SMILES string of the molecule is COc1cc(-n2c(C(C)Nc3ncnc(N)c3-c3nnn(C)n3)cc3cccc(C)c3c2=O)[nH]n1. The lowest BCUT2D eigenvalue weighted by atomic mass is 10.0. The molecule has 0 aliphatic rings. The van der Waals surface area contributed by atoms with E-state index in [2.05, 4.69) is 40.9 Å². The Kier molecular flexibility index (Phi) is 5.35. The average Bonchev–Trinajstić information content (AvgIpc) is 3.48. The standard InChI is InChI=1S/C22H23N11O2/c1-11-6-5-7-13-8-14(33(22(34)17(11)13)15-9-16(35-4)28-27-15)12(2)26-20-18(19(23)24-10-25-20)21-29-31-32(3)30-21/h5-10,12H,1-4H3,(H,27,28)(H3,23,24,25,26). The quantitative estimate of drug-likeness (QED) is 0.330. The molecule has 0 aliphatic heterocycles.